The number of aliphatic carboxylic acids is 1. The monoisotopic (exact) mass is 266 g/mol. The van der Waals surface area contributed by atoms with Crippen LogP contribution in [0.1, 0.15) is 24.5 Å². The molecule has 0 aliphatic carbocycles. The number of benzene rings is 2. The lowest BCUT2D eigenvalue weighted by atomic mass is 10.0. The van der Waals surface area contributed by atoms with Crippen LogP contribution in [-0.2, 0) is 11.2 Å². The summed E-state index contributed by atoms with van der Waals surface area (Å²) < 4.78 is 0. The van der Waals surface area contributed by atoms with Crippen LogP contribution in [-0.4, -0.2) is 11.1 Å². The van der Waals surface area contributed by atoms with Crippen molar-refractivity contribution in [3.63, 3.8) is 0 Å². The molecule has 1 N–H and O–H groups in total. The SMILES string of the molecule is CCc1ccc(-c2ccc(/C=C/CC(=O)O)cc2)cc1. The van der Waals surface area contributed by atoms with E-state index in [1.807, 2.05) is 18.2 Å². The molecule has 2 aromatic rings. The quantitative estimate of drug-likeness (QED) is 0.870. The summed E-state index contributed by atoms with van der Waals surface area (Å²) in [6, 6.07) is 16.7. The van der Waals surface area contributed by atoms with Crippen molar-refractivity contribution in [3.05, 3.63) is 65.7 Å². The highest BCUT2D eigenvalue weighted by Gasteiger charge is 1.98. The van der Waals surface area contributed by atoms with E-state index in [0.717, 1.165) is 12.0 Å². The zero-order chi connectivity index (χ0) is 14.4. The van der Waals surface area contributed by atoms with Crippen molar-refractivity contribution < 1.29 is 9.90 Å². The molecule has 2 aromatic carbocycles. The van der Waals surface area contributed by atoms with E-state index < -0.39 is 5.97 Å². The van der Waals surface area contributed by atoms with Crippen LogP contribution in [0.2, 0.25) is 0 Å². The molecule has 102 valence electrons. The fourth-order valence-corrected chi connectivity index (χ4v) is 2.02. The molecule has 0 unspecified atom stereocenters. The minimum absolute atomic E-state index is 0.0558. The zero-order valence-corrected chi connectivity index (χ0v) is 11.5. The van der Waals surface area contributed by atoms with Gasteiger partial charge in [-0.1, -0.05) is 67.6 Å². The lowest BCUT2D eigenvalue weighted by Gasteiger charge is -2.04. The molecule has 0 bridgehead atoms. The van der Waals surface area contributed by atoms with Crippen LogP contribution in [0.25, 0.3) is 17.2 Å². The molecule has 2 rings (SSSR count). The van der Waals surface area contributed by atoms with E-state index in [9.17, 15) is 4.79 Å². The molecule has 2 heteroatoms. The first-order chi connectivity index (χ1) is 9.69. The Kier molecular flexibility index (Phi) is 4.72. The third-order valence-electron chi connectivity index (χ3n) is 3.21. The Morgan fingerprint density at radius 2 is 1.55 bits per heavy atom. The first kappa shape index (κ1) is 14.1. The Balaban J connectivity index is 2.10. The largest absolute Gasteiger partial charge is 0.481 e. The molecule has 0 aliphatic heterocycles. The van der Waals surface area contributed by atoms with Crippen molar-refractivity contribution >= 4 is 12.0 Å². The lowest BCUT2D eigenvalue weighted by molar-refractivity contribution is -0.135. The average Bonchev–Trinajstić information content (AvgIpc) is 2.48. The van der Waals surface area contributed by atoms with Crippen molar-refractivity contribution in [3.8, 4) is 11.1 Å². The number of carboxylic acids is 1. The molecule has 0 saturated heterocycles. The first-order valence-corrected chi connectivity index (χ1v) is 6.76. The smallest absolute Gasteiger partial charge is 0.307 e. The summed E-state index contributed by atoms with van der Waals surface area (Å²) >= 11 is 0. The summed E-state index contributed by atoms with van der Waals surface area (Å²) in [6.45, 7) is 2.15. The number of carbonyl (C=O) groups is 1. The van der Waals surface area contributed by atoms with Gasteiger partial charge in [0.15, 0.2) is 0 Å². The molecule has 20 heavy (non-hydrogen) atoms. The summed E-state index contributed by atoms with van der Waals surface area (Å²) in [5, 5.41) is 8.58. The molecular weight excluding hydrogens is 248 g/mol. The number of rotatable bonds is 5. The second kappa shape index (κ2) is 6.71. The van der Waals surface area contributed by atoms with Gasteiger partial charge in [-0.15, -0.1) is 0 Å². The van der Waals surface area contributed by atoms with Crippen LogP contribution in [0, 0.1) is 0 Å². The van der Waals surface area contributed by atoms with Crippen LogP contribution in [0.15, 0.2) is 54.6 Å². The highest BCUT2D eigenvalue weighted by atomic mass is 16.4. The second-order valence-corrected chi connectivity index (χ2v) is 4.67. The van der Waals surface area contributed by atoms with Crippen LogP contribution in [0.4, 0.5) is 0 Å². The summed E-state index contributed by atoms with van der Waals surface area (Å²) in [5.74, 6) is -0.811. The zero-order valence-electron chi connectivity index (χ0n) is 11.5. The van der Waals surface area contributed by atoms with Gasteiger partial charge in [-0.2, -0.15) is 0 Å². The van der Waals surface area contributed by atoms with Gasteiger partial charge in [0.25, 0.3) is 0 Å². The van der Waals surface area contributed by atoms with Crippen molar-refractivity contribution in [1.29, 1.82) is 0 Å². The van der Waals surface area contributed by atoms with E-state index >= 15 is 0 Å². The normalized spacial score (nSPS) is 10.8. The Morgan fingerprint density at radius 3 is 2.05 bits per heavy atom. The topological polar surface area (TPSA) is 37.3 Å². The van der Waals surface area contributed by atoms with Crippen LogP contribution in [0.3, 0.4) is 0 Å². The summed E-state index contributed by atoms with van der Waals surface area (Å²) in [7, 11) is 0. The Hall–Kier alpha value is -2.35. The van der Waals surface area contributed by atoms with Gasteiger partial charge in [-0.05, 0) is 28.7 Å². The van der Waals surface area contributed by atoms with E-state index in [1.165, 1.54) is 16.7 Å². The van der Waals surface area contributed by atoms with Crippen molar-refractivity contribution in [2.75, 3.05) is 0 Å². The number of carboxylic acid groups (broad SMARTS) is 1. The fourth-order valence-electron chi connectivity index (χ4n) is 2.02. The van der Waals surface area contributed by atoms with E-state index in [2.05, 4.69) is 43.3 Å². The van der Waals surface area contributed by atoms with E-state index in [-0.39, 0.29) is 6.42 Å². The molecular formula is C18H18O2. The van der Waals surface area contributed by atoms with E-state index in [0.29, 0.717) is 0 Å². The molecule has 0 spiro atoms. The van der Waals surface area contributed by atoms with Gasteiger partial charge in [-0.25, -0.2) is 0 Å². The third-order valence-corrected chi connectivity index (χ3v) is 3.21. The number of hydrogen-bond acceptors (Lipinski definition) is 1. The maximum absolute atomic E-state index is 10.4. The lowest BCUT2D eigenvalue weighted by Crippen LogP contribution is -1.89. The molecule has 2 nitrogen and oxygen atoms in total. The number of aryl methyl sites for hydroxylation is 1. The molecule has 0 saturated carbocycles. The molecule has 0 fully saturated rings. The van der Waals surface area contributed by atoms with Gasteiger partial charge in [0.1, 0.15) is 0 Å². The predicted octanol–water partition coefficient (Wildman–Crippen LogP) is 4.40. The minimum Gasteiger partial charge on any atom is -0.481 e. The molecule has 0 aliphatic rings. The predicted molar refractivity (Wildman–Crippen MR) is 82.5 cm³/mol. The maximum Gasteiger partial charge on any atom is 0.307 e. The highest BCUT2D eigenvalue weighted by Crippen LogP contribution is 2.21. The molecule has 0 radical (unpaired) electrons. The Morgan fingerprint density at radius 1 is 1.00 bits per heavy atom. The van der Waals surface area contributed by atoms with Crippen molar-refractivity contribution in [2.45, 2.75) is 19.8 Å². The molecule has 0 heterocycles. The molecule has 0 atom stereocenters. The minimum atomic E-state index is -0.811. The Bertz CT molecular complexity index is 592. The molecule has 0 aromatic heterocycles. The van der Waals surface area contributed by atoms with Gasteiger partial charge in [0, 0.05) is 0 Å². The van der Waals surface area contributed by atoms with Crippen LogP contribution < -0.4 is 0 Å². The van der Waals surface area contributed by atoms with E-state index in [4.69, 9.17) is 5.11 Å². The van der Waals surface area contributed by atoms with Crippen LogP contribution >= 0.6 is 0 Å². The number of hydrogen-bond donors (Lipinski definition) is 1. The summed E-state index contributed by atoms with van der Waals surface area (Å²) in [4.78, 5) is 10.4. The summed E-state index contributed by atoms with van der Waals surface area (Å²) in [5.41, 5.74) is 4.72. The van der Waals surface area contributed by atoms with Gasteiger partial charge < -0.3 is 5.11 Å². The van der Waals surface area contributed by atoms with Crippen LogP contribution in [0.5, 0.6) is 0 Å². The van der Waals surface area contributed by atoms with E-state index in [1.54, 1.807) is 6.08 Å². The van der Waals surface area contributed by atoms with Gasteiger partial charge in [0.05, 0.1) is 6.42 Å². The second-order valence-electron chi connectivity index (χ2n) is 4.67. The maximum atomic E-state index is 10.4. The standard InChI is InChI=1S/C18H18O2/c1-2-14-6-10-16(11-7-14)17-12-8-15(9-13-17)4-3-5-18(19)20/h3-4,6-13H,2,5H2,1H3,(H,19,20)/b4-3+. The summed E-state index contributed by atoms with van der Waals surface area (Å²) in [6.07, 6.45) is 4.60. The van der Waals surface area contributed by atoms with Gasteiger partial charge >= 0.3 is 5.97 Å². The van der Waals surface area contributed by atoms with Gasteiger partial charge in [-0.3, -0.25) is 4.79 Å². The fraction of sp³-hybridized carbons (Fsp3) is 0.167. The third kappa shape index (κ3) is 3.82. The average molecular weight is 266 g/mol. The highest BCUT2D eigenvalue weighted by molar-refractivity contribution is 5.71. The van der Waals surface area contributed by atoms with Crippen molar-refractivity contribution in [1.82, 2.24) is 0 Å². The van der Waals surface area contributed by atoms with Gasteiger partial charge in [0.2, 0.25) is 0 Å². The molecule has 0 amide bonds. The Labute approximate surface area is 119 Å². The first-order valence-electron chi connectivity index (χ1n) is 6.76. The van der Waals surface area contributed by atoms with Crippen molar-refractivity contribution in [2.24, 2.45) is 0 Å².